The summed E-state index contributed by atoms with van der Waals surface area (Å²) in [5.41, 5.74) is 2.93. The summed E-state index contributed by atoms with van der Waals surface area (Å²) in [6, 6.07) is 14.0. The second-order valence-corrected chi connectivity index (χ2v) is 6.21. The summed E-state index contributed by atoms with van der Waals surface area (Å²) in [5, 5.41) is 3.56. The fraction of sp³-hybridized carbons (Fsp3) is 0.111. The minimum absolute atomic E-state index is 0.268. The lowest BCUT2D eigenvalue weighted by Crippen LogP contribution is -2.12. The molecule has 1 N–H and O–H groups in total. The summed E-state index contributed by atoms with van der Waals surface area (Å²) < 4.78 is 13.3. The number of carbonyl (C=O) groups excluding carboxylic acids is 1. The quantitative estimate of drug-likeness (QED) is 0.750. The number of benzene rings is 2. The number of carbonyl (C=O) groups is 1. The number of amides is 1. The van der Waals surface area contributed by atoms with Crippen LogP contribution < -0.4 is 5.32 Å². The molecule has 0 saturated carbocycles. The normalized spacial score (nSPS) is 10.6. The van der Waals surface area contributed by atoms with E-state index in [1.54, 1.807) is 13.0 Å². The van der Waals surface area contributed by atoms with E-state index in [2.05, 4.69) is 10.3 Å². The standard InChI is InChI=1S/C18H15FN2OS/c1-11-8-9-14(19)10-15(11)21-17(22)16-12(2)20-18(23-16)13-6-4-3-5-7-13/h3-10H,1-2H3,(H,21,22). The van der Waals surface area contributed by atoms with Crippen molar-refractivity contribution in [2.75, 3.05) is 5.32 Å². The summed E-state index contributed by atoms with van der Waals surface area (Å²) in [6.07, 6.45) is 0. The van der Waals surface area contributed by atoms with Crippen LogP contribution in [0.4, 0.5) is 10.1 Å². The van der Waals surface area contributed by atoms with Gasteiger partial charge in [-0.3, -0.25) is 4.79 Å². The van der Waals surface area contributed by atoms with Crippen LogP contribution in [0.3, 0.4) is 0 Å². The summed E-state index contributed by atoms with van der Waals surface area (Å²) >= 11 is 1.33. The molecule has 0 aliphatic rings. The van der Waals surface area contributed by atoms with Crippen molar-refractivity contribution in [2.24, 2.45) is 0 Å². The Labute approximate surface area is 137 Å². The van der Waals surface area contributed by atoms with Crippen molar-refractivity contribution >= 4 is 22.9 Å². The molecule has 3 aromatic rings. The van der Waals surface area contributed by atoms with Crippen LogP contribution in [0.2, 0.25) is 0 Å². The van der Waals surface area contributed by atoms with Gasteiger partial charge in [-0.2, -0.15) is 0 Å². The maximum Gasteiger partial charge on any atom is 0.267 e. The first-order valence-corrected chi connectivity index (χ1v) is 7.96. The molecule has 23 heavy (non-hydrogen) atoms. The number of halogens is 1. The van der Waals surface area contributed by atoms with Crippen molar-refractivity contribution in [3.8, 4) is 10.6 Å². The Morgan fingerprint density at radius 3 is 2.61 bits per heavy atom. The van der Waals surface area contributed by atoms with Crippen molar-refractivity contribution in [3.05, 3.63) is 70.5 Å². The first-order chi connectivity index (χ1) is 11.0. The number of aromatic nitrogens is 1. The summed E-state index contributed by atoms with van der Waals surface area (Å²) in [4.78, 5) is 17.5. The van der Waals surface area contributed by atoms with Crippen LogP contribution in [-0.2, 0) is 0 Å². The molecule has 0 atom stereocenters. The zero-order valence-corrected chi connectivity index (χ0v) is 13.6. The number of thiazole rings is 1. The topological polar surface area (TPSA) is 42.0 Å². The van der Waals surface area contributed by atoms with Crippen molar-refractivity contribution in [3.63, 3.8) is 0 Å². The van der Waals surface area contributed by atoms with E-state index in [4.69, 9.17) is 0 Å². The highest BCUT2D eigenvalue weighted by atomic mass is 32.1. The smallest absolute Gasteiger partial charge is 0.267 e. The van der Waals surface area contributed by atoms with Gasteiger partial charge in [0.15, 0.2) is 0 Å². The first kappa shape index (κ1) is 15.4. The lowest BCUT2D eigenvalue weighted by atomic mass is 10.2. The maximum atomic E-state index is 13.3. The van der Waals surface area contributed by atoms with E-state index in [0.717, 1.165) is 16.1 Å². The Hall–Kier alpha value is -2.53. The number of rotatable bonds is 3. The largest absolute Gasteiger partial charge is 0.321 e. The number of nitrogens with one attached hydrogen (secondary N) is 1. The van der Waals surface area contributed by atoms with Crippen molar-refractivity contribution < 1.29 is 9.18 Å². The minimum atomic E-state index is -0.378. The van der Waals surface area contributed by atoms with Gasteiger partial charge in [-0.25, -0.2) is 9.37 Å². The maximum absolute atomic E-state index is 13.3. The lowest BCUT2D eigenvalue weighted by molar-refractivity contribution is 0.102. The zero-order chi connectivity index (χ0) is 16.4. The molecule has 1 aromatic heterocycles. The third-order valence-electron chi connectivity index (χ3n) is 3.47. The number of aryl methyl sites for hydroxylation is 2. The van der Waals surface area contributed by atoms with E-state index >= 15 is 0 Å². The summed E-state index contributed by atoms with van der Waals surface area (Å²) in [6.45, 7) is 3.63. The molecular formula is C18H15FN2OS. The second kappa shape index (κ2) is 6.30. The highest BCUT2D eigenvalue weighted by Gasteiger charge is 2.17. The number of hydrogen-bond donors (Lipinski definition) is 1. The van der Waals surface area contributed by atoms with Crippen LogP contribution >= 0.6 is 11.3 Å². The third-order valence-corrected chi connectivity index (χ3v) is 4.68. The molecule has 0 unspecified atom stereocenters. The number of hydrogen-bond acceptors (Lipinski definition) is 3. The van der Waals surface area contributed by atoms with Gasteiger partial charge in [-0.1, -0.05) is 36.4 Å². The van der Waals surface area contributed by atoms with Gasteiger partial charge in [-0.15, -0.1) is 11.3 Å². The molecule has 3 nitrogen and oxygen atoms in total. The van der Waals surface area contributed by atoms with E-state index in [1.807, 2.05) is 37.3 Å². The SMILES string of the molecule is Cc1ccc(F)cc1NC(=O)c1sc(-c2ccccc2)nc1C. The third kappa shape index (κ3) is 3.29. The predicted octanol–water partition coefficient (Wildman–Crippen LogP) is 4.82. The average Bonchev–Trinajstić information content (AvgIpc) is 2.94. The Morgan fingerprint density at radius 2 is 1.87 bits per heavy atom. The Kier molecular flexibility index (Phi) is 4.21. The molecule has 0 aliphatic carbocycles. The molecule has 0 fully saturated rings. The van der Waals surface area contributed by atoms with Crippen LogP contribution in [0.15, 0.2) is 48.5 Å². The first-order valence-electron chi connectivity index (χ1n) is 7.15. The summed E-state index contributed by atoms with van der Waals surface area (Å²) in [7, 11) is 0. The van der Waals surface area contributed by atoms with Crippen molar-refractivity contribution in [2.45, 2.75) is 13.8 Å². The van der Waals surface area contributed by atoms with E-state index < -0.39 is 0 Å². The van der Waals surface area contributed by atoms with Gasteiger partial charge in [0.1, 0.15) is 15.7 Å². The molecule has 2 aromatic carbocycles. The lowest BCUT2D eigenvalue weighted by Gasteiger charge is -2.07. The molecule has 0 radical (unpaired) electrons. The van der Waals surface area contributed by atoms with Crippen molar-refractivity contribution in [1.29, 1.82) is 0 Å². The highest BCUT2D eigenvalue weighted by Crippen LogP contribution is 2.28. The molecule has 0 spiro atoms. The van der Waals surface area contributed by atoms with Crippen LogP contribution in [0.1, 0.15) is 20.9 Å². The van der Waals surface area contributed by atoms with E-state index in [9.17, 15) is 9.18 Å². The molecule has 3 rings (SSSR count). The molecule has 1 amide bonds. The molecular weight excluding hydrogens is 311 g/mol. The predicted molar refractivity (Wildman–Crippen MR) is 91.4 cm³/mol. The number of nitrogens with zero attached hydrogens (tertiary/aromatic N) is 1. The Morgan fingerprint density at radius 1 is 1.13 bits per heavy atom. The monoisotopic (exact) mass is 326 g/mol. The van der Waals surface area contributed by atoms with E-state index in [0.29, 0.717) is 16.3 Å². The van der Waals surface area contributed by atoms with Gasteiger partial charge in [0.05, 0.1) is 5.69 Å². The van der Waals surface area contributed by atoms with Crippen LogP contribution in [0.25, 0.3) is 10.6 Å². The van der Waals surface area contributed by atoms with Crippen molar-refractivity contribution in [1.82, 2.24) is 4.98 Å². The van der Waals surface area contributed by atoms with Crippen LogP contribution in [0, 0.1) is 19.7 Å². The number of anilines is 1. The molecule has 0 aliphatic heterocycles. The average molecular weight is 326 g/mol. The second-order valence-electron chi connectivity index (χ2n) is 5.21. The van der Waals surface area contributed by atoms with E-state index in [1.165, 1.54) is 23.5 Å². The molecule has 116 valence electrons. The molecule has 1 heterocycles. The zero-order valence-electron chi connectivity index (χ0n) is 12.8. The van der Waals surface area contributed by atoms with Crippen LogP contribution in [-0.4, -0.2) is 10.9 Å². The fourth-order valence-corrected chi connectivity index (χ4v) is 3.19. The van der Waals surface area contributed by atoms with Crippen LogP contribution in [0.5, 0.6) is 0 Å². The molecule has 5 heteroatoms. The molecule has 0 bridgehead atoms. The molecule has 0 saturated heterocycles. The van der Waals surface area contributed by atoms with Gasteiger partial charge in [0, 0.05) is 11.3 Å². The van der Waals surface area contributed by atoms with Gasteiger partial charge in [-0.05, 0) is 31.5 Å². The highest BCUT2D eigenvalue weighted by molar-refractivity contribution is 7.17. The minimum Gasteiger partial charge on any atom is -0.321 e. The van der Waals surface area contributed by atoms with Gasteiger partial charge in [0.25, 0.3) is 5.91 Å². The fourth-order valence-electron chi connectivity index (χ4n) is 2.22. The van der Waals surface area contributed by atoms with Gasteiger partial charge >= 0.3 is 0 Å². The van der Waals surface area contributed by atoms with E-state index in [-0.39, 0.29) is 11.7 Å². The van der Waals surface area contributed by atoms with Gasteiger partial charge < -0.3 is 5.32 Å². The Balaban J connectivity index is 1.88. The van der Waals surface area contributed by atoms with Gasteiger partial charge in [0.2, 0.25) is 0 Å². The summed E-state index contributed by atoms with van der Waals surface area (Å²) in [5.74, 6) is -0.646. The Bertz CT molecular complexity index is 859.